The first-order valence-electron chi connectivity index (χ1n) is 6.89. The maximum Gasteiger partial charge on any atom is 0.150 e. The highest BCUT2D eigenvalue weighted by molar-refractivity contribution is 9.10. The van der Waals surface area contributed by atoms with Crippen LogP contribution >= 0.6 is 15.9 Å². The molecule has 3 nitrogen and oxygen atoms in total. The zero-order valence-corrected chi connectivity index (χ0v) is 14.5. The van der Waals surface area contributed by atoms with Gasteiger partial charge in [-0.05, 0) is 31.5 Å². The zero-order valence-electron chi connectivity index (χ0n) is 12.1. The first-order valence-corrected chi connectivity index (χ1v) is 9.50. The molecule has 0 amide bonds. The zero-order chi connectivity index (χ0) is 16.0. The third-order valence-electron chi connectivity index (χ3n) is 3.23. The van der Waals surface area contributed by atoms with E-state index < -0.39 is 27.5 Å². The summed E-state index contributed by atoms with van der Waals surface area (Å²) in [5.74, 6) is -1.15. The molecular formula is C14H20BrF2NO2S. The molecule has 1 N–H and O–H groups in total. The van der Waals surface area contributed by atoms with Crippen molar-refractivity contribution in [3.8, 4) is 0 Å². The van der Waals surface area contributed by atoms with E-state index in [1.54, 1.807) is 6.92 Å². The van der Waals surface area contributed by atoms with Crippen molar-refractivity contribution < 1.29 is 17.2 Å². The van der Waals surface area contributed by atoms with Crippen molar-refractivity contribution in [3.63, 3.8) is 0 Å². The second-order valence-electron chi connectivity index (χ2n) is 4.77. The van der Waals surface area contributed by atoms with E-state index in [0.29, 0.717) is 23.9 Å². The minimum absolute atomic E-state index is 0.0329. The number of benzene rings is 1. The molecule has 0 aliphatic rings. The van der Waals surface area contributed by atoms with Gasteiger partial charge in [-0.15, -0.1) is 0 Å². The van der Waals surface area contributed by atoms with Crippen LogP contribution in [0, 0.1) is 11.6 Å². The van der Waals surface area contributed by atoms with Crippen LogP contribution in [-0.2, 0) is 9.84 Å². The molecule has 0 aromatic heterocycles. The van der Waals surface area contributed by atoms with Crippen LogP contribution in [0.5, 0.6) is 0 Å². The fourth-order valence-corrected chi connectivity index (χ4v) is 3.43. The number of hydrogen-bond donors (Lipinski definition) is 1. The predicted molar refractivity (Wildman–Crippen MR) is 84.0 cm³/mol. The molecule has 1 aromatic rings. The largest absolute Gasteiger partial charge is 0.310 e. The molecule has 0 saturated carbocycles. The smallest absolute Gasteiger partial charge is 0.150 e. The average Bonchev–Trinajstić information content (AvgIpc) is 2.37. The van der Waals surface area contributed by atoms with Crippen LogP contribution < -0.4 is 5.32 Å². The normalized spacial score (nSPS) is 13.4. The molecule has 120 valence electrons. The molecular weight excluding hydrogens is 364 g/mol. The van der Waals surface area contributed by atoms with E-state index in [0.717, 1.165) is 0 Å². The van der Waals surface area contributed by atoms with Crippen LogP contribution in [0.15, 0.2) is 16.6 Å². The van der Waals surface area contributed by atoms with Gasteiger partial charge in [-0.25, -0.2) is 17.2 Å². The molecule has 0 radical (unpaired) electrons. The molecule has 0 bridgehead atoms. The second-order valence-corrected chi connectivity index (χ2v) is 8.16. The first kappa shape index (κ1) is 18.5. The van der Waals surface area contributed by atoms with E-state index in [9.17, 15) is 17.2 Å². The Hall–Kier alpha value is -0.530. The molecule has 0 fully saturated rings. The molecule has 7 heteroatoms. The van der Waals surface area contributed by atoms with Crippen LogP contribution in [0.2, 0.25) is 0 Å². The summed E-state index contributed by atoms with van der Waals surface area (Å²) in [4.78, 5) is 0. The van der Waals surface area contributed by atoms with Gasteiger partial charge in [0.15, 0.2) is 0 Å². The predicted octanol–water partition coefficient (Wildman–Crippen LogP) is 3.59. The van der Waals surface area contributed by atoms with Crippen LogP contribution in [0.3, 0.4) is 0 Å². The lowest BCUT2D eigenvalue weighted by atomic mass is 10.0. The molecule has 1 aromatic carbocycles. The third kappa shape index (κ3) is 5.64. The summed E-state index contributed by atoms with van der Waals surface area (Å²) >= 11 is 3.04. The molecule has 1 rings (SSSR count). The van der Waals surface area contributed by atoms with E-state index in [1.165, 1.54) is 12.1 Å². The molecule has 0 heterocycles. The maximum absolute atomic E-state index is 14.0. The fraction of sp³-hybridized carbons (Fsp3) is 0.571. The molecule has 0 spiro atoms. The summed E-state index contributed by atoms with van der Waals surface area (Å²) in [5, 5.41) is 3.01. The van der Waals surface area contributed by atoms with Crippen molar-refractivity contribution in [1.82, 2.24) is 5.32 Å². The summed E-state index contributed by atoms with van der Waals surface area (Å²) in [5.41, 5.74) is -0.0334. The Morgan fingerprint density at radius 3 is 2.29 bits per heavy atom. The van der Waals surface area contributed by atoms with E-state index in [1.807, 2.05) is 6.92 Å². The van der Waals surface area contributed by atoms with Gasteiger partial charge in [-0.3, -0.25) is 0 Å². The highest BCUT2D eigenvalue weighted by Crippen LogP contribution is 2.27. The SMILES string of the molecule is CCNC(CCCS(=O)(=O)CC)c1c(F)cc(Br)cc1F. The van der Waals surface area contributed by atoms with E-state index in [2.05, 4.69) is 21.2 Å². The van der Waals surface area contributed by atoms with E-state index in [-0.39, 0.29) is 17.1 Å². The molecule has 21 heavy (non-hydrogen) atoms. The van der Waals surface area contributed by atoms with Crippen molar-refractivity contribution in [2.24, 2.45) is 0 Å². The first-order chi connectivity index (χ1) is 9.80. The monoisotopic (exact) mass is 383 g/mol. The topological polar surface area (TPSA) is 46.2 Å². The molecule has 0 saturated heterocycles. The number of hydrogen-bond acceptors (Lipinski definition) is 3. The minimum atomic E-state index is -3.06. The second kappa shape index (κ2) is 8.19. The lowest BCUT2D eigenvalue weighted by Crippen LogP contribution is -2.24. The summed E-state index contributed by atoms with van der Waals surface area (Å²) in [6.45, 7) is 3.97. The van der Waals surface area contributed by atoms with E-state index in [4.69, 9.17) is 0 Å². The van der Waals surface area contributed by atoms with Crippen molar-refractivity contribution in [1.29, 1.82) is 0 Å². The summed E-state index contributed by atoms with van der Waals surface area (Å²) in [7, 11) is -3.06. The number of halogens is 3. The third-order valence-corrected chi connectivity index (χ3v) is 5.48. The molecule has 1 atom stereocenters. The molecule has 0 aliphatic heterocycles. The Labute approximate surface area is 133 Å². The van der Waals surface area contributed by atoms with Gasteiger partial charge in [0.2, 0.25) is 0 Å². The van der Waals surface area contributed by atoms with Crippen molar-refractivity contribution in [2.75, 3.05) is 18.1 Å². The van der Waals surface area contributed by atoms with Gasteiger partial charge in [0, 0.05) is 21.8 Å². The van der Waals surface area contributed by atoms with Gasteiger partial charge in [0.1, 0.15) is 21.5 Å². The number of rotatable bonds is 8. The van der Waals surface area contributed by atoms with Crippen molar-refractivity contribution in [2.45, 2.75) is 32.7 Å². The Bertz CT molecular complexity index is 555. The lowest BCUT2D eigenvalue weighted by Gasteiger charge is -2.20. The van der Waals surface area contributed by atoms with Gasteiger partial charge in [-0.1, -0.05) is 29.8 Å². The fourth-order valence-electron chi connectivity index (χ4n) is 2.13. The van der Waals surface area contributed by atoms with Gasteiger partial charge >= 0.3 is 0 Å². The van der Waals surface area contributed by atoms with Crippen LogP contribution in [0.4, 0.5) is 8.78 Å². The number of nitrogens with one attached hydrogen (secondary N) is 1. The average molecular weight is 384 g/mol. The van der Waals surface area contributed by atoms with Gasteiger partial charge in [0.05, 0.1) is 5.75 Å². The minimum Gasteiger partial charge on any atom is -0.310 e. The summed E-state index contributed by atoms with van der Waals surface area (Å²) < 4.78 is 51.3. The van der Waals surface area contributed by atoms with Crippen LogP contribution in [0.25, 0.3) is 0 Å². The van der Waals surface area contributed by atoms with Crippen molar-refractivity contribution in [3.05, 3.63) is 33.8 Å². The highest BCUT2D eigenvalue weighted by atomic mass is 79.9. The Morgan fingerprint density at radius 1 is 1.24 bits per heavy atom. The Balaban J connectivity index is 2.88. The van der Waals surface area contributed by atoms with Crippen LogP contribution in [0.1, 0.15) is 38.3 Å². The molecule has 0 aliphatic carbocycles. The van der Waals surface area contributed by atoms with E-state index >= 15 is 0 Å². The lowest BCUT2D eigenvalue weighted by molar-refractivity contribution is 0.450. The maximum atomic E-state index is 14.0. The standard InChI is InChI=1S/C14H20BrF2NO2S/c1-3-18-13(6-5-7-21(19,20)4-2)14-11(16)8-10(15)9-12(14)17/h8-9,13,18H,3-7H2,1-2H3. The number of sulfone groups is 1. The highest BCUT2D eigenvalue weighted by Gasteiger charge is 2.21. The van der Waals surface area contributed by atoms with Crippen molar-refractivity contribution >= 4 is 25.8 Å². The quantitative estimate of drug-likeness (QED) is 0.745. The summed E-state index contributed by atoms with van der Waals surface area (Å²) in [6, 6.07) is 1.90. The Morgan fingerprint density at radius 2 is 1.81 bits per heavy atom. The molecule has 1 unspecified atom stereocenters. The van der Waals surface area contributed by atoms with Gasteiger partial charge in [-0.2, -0.15) is 0 Å². The van der Waals surface area contributed by atoms with Gasteiger partial charge < -0.3 is 5.32 Å². The van der Waals surface area contributed by atoms with Gasteiger partial charge in [0.25, 0.3) is 0 Å². The summed E-state index contributed by atoms with van der Waals surface area (Å²) in [6.07, 6.45) is 0.728. The van der Waals surface area contributed by atoms with Crippen LogP contribution in [-0.4, -0.2) is 26.5 Å². The Kier molecular flexibility index (Phi) is 7.23.